The summed E-state index contributed by atoms with van der Waals surface area (Å²) in [4.78, 5) is 31.2. The number of anilines is 1. The Morgan fingerprint density at radius 3 is 2.48 bits per heavy atom. The summed E-state index contributed by atoms with van der Waals surface area (Å²) < 4.78 is 2.26. The van der Waals surface area contributed by atoms with Gasteiger partial charge in [-0.25, -0.2) is 0 Å². The van der Waals surface area contributed by atoms with Gasteiger partial charge in [0.2, 0.25) is 0 Å². The lowest BCUT2D eigenvalue weighted by Crippen LogP contribution is -2.36. The normalized spacial score (nSPS) is 20.0. The number of aryl methyl sites for hydroxylation is 1. The molecule has 7 heteroatoms. The van der Waals surface area contributed by atoms with Crippen LogP contribution in [0, 0.1) is 0 Å². The van der Waals surface area contributed by atoms with E-state index in [1.54, 1.807) is 22.6 Å². The fourth-order valence-corrected chi connectivity index (χ4v) is 5.89. The van der Waals surface area contributed by atoms with Gasteiger partial charge in [-0.15, -0.1) is 0 Å². The number of benzene rings is 1. The Morgan fingerprint density at radius 2 is 1.81 bits per heavy atom. The Bertz CT molecular complexity index is 1110. The smallest absolute Gasteiger partial charge is 0.266 e. The zero-order chi connectivity index (χ0) is 22.1. The van der Waals surface area contributed by atoms with Crippen LogP contribution in [-0.4, -0.2) is 38.8 Å². The first-order valence-electron chi connectivity index (χ1n) is 11.1. The summed E-state index contributed by atoms with van der Waals surface area (Å²) in [6, 6.07) is 8.09. The highest BCUT2D eigenvalue weighted by atomic mass is 32.2. The van der Waals surface area contributed by atoms with Crippen molar-refractivity contribution < 1.29 is 4.79 Å². The number of carbonyl (C=O) groups excluding carboxylic acids is 1. The lowest BCUT2D eigenvalue weighted by molar-refractivity contribution is -0.123. The minimum atomic E-state index is -0.0959. The summed E-state index contributed by atoms with van der Waals surface area (Å²) in [7, 11) is 1.80. The van der Waals surface area contributed by atoms with Gasteiger partial charge in [-0.1, -0.05) is 61.9 Å². The molecule has 1 unspecified atom stereocenters. The number of amides is 1. The predicted molar refractivity (Wildman–Crippen MR) is 135 cm³/mol. The van der Waals surface area contributed by atoms with Crippen LogP contribution in [0.1, 0.15) is 51.5 Å². The van der Waals surface area contributed by atoms with Crippen LogP contribution in [0.15, 0.2) is 34.0 Å². The van der Waals surface area contributed by atoms with E-state index in [0.717, 1.165) is 48.9 Å². The minimum Gasteiger partial charge on any atom is -0.370 e. The number of carbonyl (C=O) groups is 1. The maximum absolute atomic E-state index is 13.5. The third-order valence-electron chi connectivity index (χ3n) is 6.36. The number of aromatic nitrogens is 1. The van der Waals surface area contributed by atoms with Crippen molar-refractivity contribution in [1.29, 1.82) is 0 Å². The second-order valence-electron chi connectivity index (χ2n) is 8.35. The number of hydrogen-bond acceptors (Lipinski definition) is 5. The van der Waals surface area contributed by atoms with Crippen LogP contribution in [0.3, 0.4) is 0 Å². The Morgan fingerprint density at radius 1 is 1.13 bits per heavy atom. The van der Waals surface area contributed by atoms with Crippen molar-refractivity contribution in [3.05, 3.63) is 45.1 Å². The number of nitrogens with zero attached hydrogens (tertiary/aromatic N) is 3. The standard InChI is InChI=1S/C24H29N3O2S2/c1-4-16(2)27-23(29)20(31-24(27)30)15-18-21(26-13-9-5-6-10-14-26)17-11-7-8-12-19(17)25(3)22(18)28/h7-8,11-12,15-16H,4-6,9-10,13-14H2,1-3H3. The van der Waals surface area contributed by atoms with Crippen molar-refractivity contribution in [2.75, 3.05) is 18.0 Å². The molecule has 0 N–H and O–H groups in total. The molecule has 2 aliphatic rings. The molecule has 0 spiro atoms. The van der Waals surface area contributed by atoms with Crippen LogP contribution in [0.4, 0.5) is 5.69 Å². The quantitative estimate of drug-likeness (QED) is 0.484. The molecule has 3 heterocycles. The second kappa shape index (κ2) is 9.17. The van der Waals surface area contributed by atoms with Gasteiger partial charge in [-0.2, -0.15) is 0 Å². The number of rotatable bonds is 4. The molecule has 1 aromatic carbocycles. The van der Waals surface area contributed by atoms with Crippen molar-refractivity contribution in [3.63, 3.8) is 0 Å². The highest BCUT2D eigenvalue weighted by molar-refractivity contribution is 8.26. The summed E-state index contributed by atoms with van der Waals surface area (Å²) in [6.45, 7) is 5.90. The number of fused-ring (bicyclic) bond motifs is 1. The van der Waals surface area contributed by atoms with Crippen LogP contribution in [0.2, 0.25) is 0 Å². The van der Waals surface area contributed by atoms with Gasteiger partial charge < -0.3 is 9.47 Å². The highest BCUT2D eigenvalue weighted by Crippen LogP contribution is 2.37. The van der Waals surface area contributed by atoms with Gasteiger partial charge in [0.15, 0.2) is 0 Å². The molecule has 164 valence electrons. The first-order valence-corrected chi connectivity index (χ1v) is 12.3. The number of hydrogen-bond donors (Lipinski definition) is 0. The Balaban J connectivity index is 1.91. The third-order valence-corrected chi connectivity index (χ3v) is 7.69. The summed E-state index contributed by atoms with van der Waals surface area (Å²) >= 11 is 6.80. The molecule has 1 aromatic heterocycles. The Labute approximate surface area is 193 Å². The number of para-hydroxylation sites is 1. The summed E-state index contributed by atoms with van der Waals surface area (Å²) in [6.07, 6.45) is 7.26. The van der Waals surface area contributed by atoms with E-state index in [-0.39, 0.29) is 17.5 Å². The van der Waals surface area contributed by atoms with Gasteiger partial charge in [0.1, 0.15) is 4.32 Å². The fourth-order valence-electron chi connectivity index (χ4n) is 4.44. The van der Waals surface area contributed by atoms with Gasteiger partial charge in [0, 0.05) is 31.6 Å². The topological polar surface area (TPSA) is 45.6 Å². The average molecular weight is 456 g/mol. The molecule has 0 aliphatic carbocycles. The molecule has 0 bridgehead atoms. The molecular weight excluding hydrogens is 426 g/mol. The molecule has 5 nitrogen and oxygen atoms in total. The van der Waals surface area contributed by atoms with Crippen molar-refractivity contribution in [1.82, 2.24) is 9.47 Å². The van der Waals surface area contributed by atoms with Gasteiger partial charge in [0.05, 0.1) is 21.7 Å². The summed E-state index contributed by atoms with van der Waals surface area (Å²) in [5.74, 6) is -0.0959. The molecular formula is C24H29N3O2S2. The summed E-state index contributed by atoms with van der Waals surface area (Å²) in [5, 5.41) is 1.05. The van der Waals surface area contributed by atoms with E-state index >= 15 is 0 Å². The van der Waals surface area contributed by atoms with Crippen molar-refractivity contribution in [3.8, 4) is 0 Å². The van der Waals surface area contributed by atoms with Crippen LogP contribution in [0.25, 0.3) is 17.0 Å². The van der Waals surface area contributed by atoms with E-state index in [1.807, 2.05) is 32.0 Å². The Kier molecular flexibility index (Phi) is 6.53. The highest BCUT2D eigenvalue weighted by Gasteiger charge is 2.35. The molecule has 1 amide bonds. The largest absolute Gasteiger partial charge is 0.370 e. The molecule has 4 rings (SSSR count). The van der Waals surface area contributed by atoms with Gasteiger partial charge in [0.25, 0.3) is 11.5 Å². The fraction of sp³-hybridized carbons (Fsp3) is 0.458. The van der Waals surface area contributed by atoms with Crippen LogP contribution in [0.5, 0.6) is 0 Å². The molecule has 2 aliphatic heterocycles. The predicted octanol–water partition coefficient (Wildman–Crippen LogP) is 4.92. The molecule has 2 saturated heterocycles. The number of thioether (sulfide) groups is 1. The van der Waals surface area contributed by atoms with Crippen molar-refractivity contribution in [2.45, 2.75) is 52.0 Å². The average Bonchev–Trinajstić information content (AvgIpc) is 2.94. The SMILES string of the molecule is CCC(C)N1C(=O)C(=Cc2c(N3CCCCCC3)c3ccccc3n(C)c2=O)SC1=S. The van der Waals surface area contributed by atoms with E-state index in [9.17, 15) is 9.59 Å². The van der Waals surface area contributed by atoms with Crippen molar-refractivity contribution >= 4 is 56.9 Å². The van der Waals surface area contributed by atoms with Gasteiger partial charge in [-0.3, -0.25) is 14.5 Å². The minimum absolute atomic E-state index is 0.0444. The second-order valence-corrected chi connectivity index (χ2v) is 10.0. The lowest BCUT2D eigenvalue weighted by Gasteiger charge is -2.27. The van der Waals surface area contributed by atoms with E-state index in [4.69, 9.17) is 12.2 Å². The number of pyridine rings is 1. The van der Waals surface area contributed by atoms with Crippen LogP contribution >= 0.6 is 24.0 Å². The van der Waals surface area contributed by atoms with Crippen LogP contribution in [-0.2, 0) is 11.8 Å². The molecule has 0 saturated carbocycles. The summed E-state index contributed by atoms with van der Waals surface area (Å²) in [5.41, 5.74) is 2.38. The van der Waals surface area contributed by atoms with E-state index < -0.39 is 0 Å². The van der Waals surface area contributed by atoms with E-state index in [0.29, 0.717) is 14.8 Å². The first kappa shape index (κ1) is 22.1. The first-order chi connectivity index (χ1) is 14.9. The maximum atomic E-state index is 13.5. The molecule has 2 aromatic rings. The zero-order valence-electron chi connectivity index (χ0n) is 18.4. The monoisotopic (exact) mass is 455 g/mol. The zero-order valence-corrected chi connectivity index (χ0v) is 20.0. The maximum Gasteiger partial charge on any atom is 0.266 e. The van der Waals surface area contributed by atoms with Crippen LogP contribution < -0.4 is 10.5 Å². The third kappa shape index (κ3) is 4.05. The van der Waals surface area contributed by atoms with Gasteiger partial charge in [-0.05, 0) is 38.3 Å². The molecule has 1 atom stereocenters. The number of thiocarbonyl (C=S) groups is 1. The molecule has 0 radical (unpaired) electrons. The van der Waals surface area contributed by atoms with Crippen molar-refractivity contribution in [2.24, 2.45) is 7.05 Å². The molecule has 2 fully saturated rings. The lowest BCUT2D eigenvalue weighted by atomic mass is 10.1. The van der Waals surface area contributed by atoms with E-state index in [2.05, 4.69) is 11.0 Å². The van der Waals surface area contributed by atoms with Gasteiger partial charge >= 0.3 is 0 Å². The Hall–Kier alpha value is -2.12. The molecule has 31 heavy (non-hydrogen) atoms. The van der Waals surface area contributed by atoms with E-state index in [1.165, 1.54) is 24.6 Å².